The molecule has 3 aromatic carbocycles. The molecule has 0 saturated heterocycles. The fraction of sp³-hybridized carbons (Fsp3) is 0.167. The van der Waals surface area contributed by atoms with Gasteiger partial charge in [0.15, 0.2) is 16.5 Å². The van der Waals surface area contributed by atoms with Crippen molar-refractivity contribution in [3.8, 4) is 28.5 Å². The molecule has 3 N–H and O–H groups in total. The lowest BCUT2D eigenvalue weighted by Crippen LogP contribution is -2.33. The maximum atomic E-state index is 12.7. The number of thiocarbonyl (C=S) groups is 1. The zero-order valence-corrected chi connectivity index (χ0v) is 22.3. The number of phenolic OH excluding ortho intramolecular Hbond substituents is 1. The van der Waals surface area contributed by atoms with Gasteiger partial charge in [0.05, 0.1) is 5.56 Å². The van der Waals surface area contributed by atoms with Crippen molar-refractivity contribution >= 4 is 40.0 Å². The summed E-state index contributed by atoms with van der Waals surface area (Å²) in [5.41, 5.74) is 6.69. The second-order valence-corrected chi connectivity index (χ2v) is 9.91. The fourth-order valence-electron chi connectivity index (χ4n) is 4.05. The van der Waals surface area contributed by atoms with Gasteiger partial charge in [-0.25, -0.2) is 4.98 Å². The Morgan fingerprint density at radius 1 is 0.947 bits per heavy atom. The van der Waals surface area contributed by atoms with E-state index in [1.165, 1.54) is 11.6 Å². The van der Waals surface area contributed by atoms with Crippen LogP contribution in [0.15, 0.2) is 75.6 Å². The van der Waals surface area contributed by atoms with E-state index in [0.29, 0.717) is 34.4 Å². The van der Waals surface area contributed by atoms with Gasteiger partial charge in [-0.05, 0) is 91.1 Å². The summed E-state index contributed by atoms with van der Waals surface area (Å²) in [7, 11) is 0. The fourth-order valence-corrected chi connectivity index (χ4v) is 4.26. The van der Waals surface area contributed by atoms with Crippen LogP contribution in [0, 0.1) is 13.8 Å². The molecule has 7 nitrogen and oxygen atoms in total. The highest BCUT2D eigenvalue weighted by Crippen LogP contribution is 2.34. The van der Waals surface area contributed by atoms with E-state index in [4.69, 9.17) is 21.1 Å². The van der Waals surface area contributed by atoms with Crippen LogP contribution in [0.4, 0.5) is 5.69 Å². The van der Waals surface area contributed by atoms with E-state index in [1.807, 2.05) is 50.2 Å². The maximum Gasteiger partial charge on any atom is 0.293 e. The average molecular weight is 526 g/mol. The molecule has 0 unspecified atom stereocenters. The second-order valence-electron chi connectivity index (χ2n) is 9.50. The Bertz CT molecular complexity index is 1680. The van der Waals surface area contributed by atoms with Gasteiger partial charge in [0, 0.05) is 17.3 Å². The zero-order chi connectivity index (χ0) is 27.0. The first-order valence-electron chi connectivity index (χ1n) is 12.2. The van der Waals surface area contributed by atoms with Crippen molar-refractivity contribution in [2.45, 2.75) is 33.6 Å². The molecule has 38 heavy (non-hydrogen) atoms. The van der Waals surface area contributed by atoms with Gasteiger partial charge in [0.25, 0.3) is 5.91 Å². The number of rotatable bonds is 5. The maximum absolute atomic E-state index is 12.7. The predicted octanol–water partition coefficient (Wildman–Crippen LogP) is 7.33. The molecule has 2 heterocycles. The third-order valence-corrected chi connectivity index (χ3v) is 6.62. The summed E-state index contributed by atoms with van der Waals surface area (Å²) >= 11 is 5.29. The minimum Gasteiger partial charge on any atom is -0.507 e. The van der Waals surface area contributed by atoms with Crippen LogP contribution in [0.3, 0.4) is 0 Å². The lowest BCUT2D eigenvalue weighted by Gasteiger charge is -2.10. The van der Waals surface area contributed by atoms with Crippen LogP contribution < -0.4 is 10.6 Å². The van der Waals surface area contributed by atoms with E-state index in [-0.39, 0.29) is 16.6 Å². The number of aryl methyl sites for hydroxylation is 2. The number of furan rings is 1. The Labute approximate surface area is 225 Å². The number of phenols is 1. The third kappa shape index (κ3) is 5.17. The van der Waals surface area contributed by atoms with Crippen LogP contribution >= 0.6 is 12.2 Å². The van der Waals surface area contributed by atoms with E-state index in [1.54, 1.807) is 24.3 Å². The minimum absolute atomic E-state index is 0.0381. The van der Waals surface area contributed by atoms with Gasteiger partial charge in [0.2, 0.25) is 5.89 Å². The molecule has 0 bridgehead atoms. The molecule has 5 aromatic rings. The van der Waals surface area contributed by atoms with Gasteiger partial charge in [-0.15, -0.1) is 0 Å². The highest BCUT2D eigenvalue weighted by molar-refractivity contribution is 7.80. The molecule has 0 radical (unpaired) electrons. The SMILES string of the molecule is Cc1ccc(-c2ccc(C(=O)NC(=S)Nc3ccc(-c4nc5cc(C(C)C)ccc5o4)c(O)c3)o2)cc1C. The van der Waals surface area contributed by atoms with Crippen molar-refractivity contribution in [1.29, 1.82) is 0 Å². The van der Waals surface area contributed by atoms with Crippen LogP contribution in [0.1, 0.15) is 47.0 Å². The lowest BCUT2D eigenvalue weighted by molar-refractivity contribution is 0.0951. The van der Waals surface area contributed by atoms with Gasteiger partial charge in [-0.1, -0.05) is 32.0 Å². The van der Waals surface area contributed by atoms with Crippen LogP contribution in [0.2, 0.25) is 0 Å². The van der Waals surface area contributed by atoms with E-state index < -0.39 is 5.91 Å². The van der Waals surface area contributed by atoms with Gasteiger partial charge in [-0.3, -0.25) is 10.1 Å². The minimum atomic E-state index is -0.481. The molecule has 1 amide bonds. The molecule has 0 fully saturated rings. The molecular formula is C30H27N3O4S. The van der Waals surface area contributed by atoms with Gasteiger partial charge in [0.1, 0.15) is 17.0 Å². The average Bonchev–Trinajstić information content (AvgIpc) is 3.53. The van der Waals surface area contributed by atoms with E-state index in [0.717, 1.165) is 22.2 Å². The lowest BCUT2D eigenvalue weighted by atomic mass is 10.0. The van der Waals surface area contributed by atoms with Crippen molar-refractivity contribution in [2.24, 2.45) is 0 Å². The summed E-state index contributed by atoms with van der Waals surface area (Å²) < 4.78 is 11.6. The largest absolute Gasteiger partial charge is 0.507 e. The standard InChI is InChI=1S/C30H27N3O4S/c1-16(2)19-7-10-26-23(14-19)32-29(37-26)22-9-8-21(15-24(22)34)31-30(38)33-28(35)27-12-11-25(36-27)20-6-5-17(3)18(4)13-20/h5-16,34H,1-4H3,(H2,31,33,35,38). The predicted molar refractivity (Wildman–Crippen MR) is 153 cm³/mol. The van der Waals surface area contributed by atoms with E-state index >= 15 is 0 Å². The molecule has 192 valence electrons. The molecular weight excluding hydrogens is 498 g/mol. The summed E-state index contributed by atoms with van der Waals surface area (Å²) in [6, 6.07) is 20.1. The number of aromatic hydroxyl groups is 1. The quantitative estimate of drug-likeness (QED) is 0.207. The smallest absolute Gasteiger partial charge is 0.293 e. The number of nitrogens with zero attached hydrogens (tertiary/aromatic N) is 1. The van der Waals surface area contributed by atoms with Crippen molar-refractivity contribution in [2.75, 3.05) is 5.32 Å². The first-order chi connectivity index (χ1) is 18.2. The number of fused-ring (bicyclic) bond motifs is 1. The Morgan fingerprint density at radius 2 is 1.76 bits per heavy atom. The Morgan fingerprint density at radius 3 is 2.50 bits per heavy atom. The summed E-state index contributed by atoms with van der Waals surface area (Å²) in [6.07, 6.45) is 0. The number of carbonyl (C=O) groups excluding carboxylic acids is 1. The number of benzene rings is 3. The molecule has 0 spiro atoms. The van der Waals surface area contributed by atoms with E-state index in [2.05, 4.69) is 29.5 Å². The highest BCUT2D eigenvalue weighted by atomic mass is 32.1. The Balaban J connectivity index is 1.26. The molecule has 8 heteroatoms. The Kier molecular flexibility index (Phi) is 6.73. The van der Waals surface area contributed by atoms with Crippen LogP contribution in [-0.4, -0.2) is 21.1 Å². The number of carbonyl (C=O) groups is 1. The van der Waals surface area contributed by atoms with Crippen molar-refractivity contribution < 1.29 is 18.7 Å². The first kappa shape index (κ1) is 25.2. The summed E-state index contributed by atoms with van der Waals surface area (Å²) in [5.74, 6) is 0.900. The molecule has 0 aliphatic rings. The van der Waals surface area contributed by atoms with Crippen LogP contribution in [0.25, 0.3) is 33.9 Å². The highest BCUT2D eigenvalue weighted by Gasteiger charge is 2.16. The van der Waals surface area contributed by atoms with Crippen molar-refractivity contribution in [1.82, 2.24) is 10.3 Å². The molecule has 5 rings (SSSR count). The van der Waals surface area contributed by atoms with Crippen molar-refractivity contribution in [3.05, 3.63) is 89.2 Å². The monoisotopic (exact) mass is 525 g/mol. The summed E-state index contributed by atoms with van der Waals surface area (Å²) in [5, 5.41) is 16.2. The van der Waals surface area contributed by atoms with E-state index in [9.17, 15) is 9.90 Å². The summed E-state index contributed by atoms with van der Waals surface area (Å²) in [6.45, 7) is 8.30. The summed E-state index contributed by atoms with van der Waals surface area (Å²) in [4.78, 5) is 17.2. The number of hydrogen-bond acceptors (Lipinski definition) is 6. The number of anilines is 1. The number of nitrogens with one attached hydrogen (secondary N) is 2. The van der Waals surface area contributed by atoms with Gasteiger partial charge in [-0.2, -0.15) is 0 Å². The molecule has 0 atom stereocenters. The second kappa shape index (κ2) is 10.1. The van der Waals surface area contributed by atoms with Crippen molar-refractivity contribution in [3.63, 3.8) is 0 Å². The van der Waals surface area contributed by atoms with Crippen LogP contribution in [0.5, 0.6) is 5.75 Å². The topological polar surface area (TPSA) is 101 Å². The number of amides is 1. The number of hydrogen-bond donors (Lipinski definition) is 3. The third-order valence-electron chi connectivity index (χ3n) is 6.41. The van der Waals surface area contributed by atoms with Gasteiger partial charge >= 0.3 is 0 Å². The molecule has 0 aliphatic carbocycles. The normalized spacial score (nSPS) is 11.2. The molecule has 2 aromatic heterocycles. The van der Waals surface area contributed by atoms with Crippen LogP contribution in [-0.2, 0) is 0 Å². The first-order valence-corrected chi connectivity index (χ1v) is 12.6. The Hall–Kier alpha value is -4.43. The molecule has 0 saturated carbocycles. The van der Waals surface area contributed by atoms with Gasteiger partial charge < -0.3 is 19.3 Å². The number of oxazole rings is 1. The molecule has 0 aliphatic heterocycles. The number of aromatic nitrogens is 1. The zero-order valence-electron chi connectivity index (χ0n) is 21.5.